The van der Waals surface area contributed by atoms with E-state index in [9.17, 15) is 0 Å². The zero-order valence-electron chi connectivity index (χ0n) is 10.4. The third-order valence-electron chi connectivity index (χ3n) is 3.16. The Morgan fingerprint density at radius 2 is 2.05 bits per heavy atom. The molecule has 0 aliphatic carbocycles. The second-order valence-corrected chi connectivity index (χ2v) is 4.45. The molecule has 3 aromatic rings. The van der Waals surface area contributed by atoms with Crippen LogP contribution in [0.4, 0.5) is 5.82 Å². The molecule has 5 heteroatoms. The van der Waals surface area contributed by atoms with Crippen LogP contribution in [0.5, 0.6) is 0 Å². The van der Waals surface area contributed by atoms with Crippen LogP contribution in [0.3, 0.4) is 0 Å². The summed E-state index contributed by atoms with van der Waals surface area (Å²) in [6.07, 6.45) is 2.47. The highest BCUT2D eigenvalue weighted by molar-refractivity contribution is 5.85. The van der Waals surface area contributed by atoms with E-state index in [2.05, 4.69) is 21.2 Å². The second kappa shape index (κ2) is 4.70. The standard InChI is InChI=1S/C14H15N5/c15-5-3-11-7-9-1-2-10(12-4-6-17-19-12)8-13(9)18-14(11)16/h1-2,4,6-8H,3,5,15H2,(H2,16,18)(H,17,19). The summed E-state index contributed by atoms with van der Waals surface area (Å²) in [5, 5.41) is 7.96. The molecule has 0 aliphatic rings. The van der Waals surface area contributed by atoms with Gasteiger partial charge in [-0.2, -0.15) is 5.10 Å². The van der Waals surface area contributed by atoms with Crippen molar-refractivity contribution < 1.29 is 0 Å². The predicted molar refractivity (Wildman–Crippen MR) is 76.5 cm³/mol. The highest BCUT2D eigenvalue weighted by Gasteiger charge is 2.06. The van der Waals surface area contributed by atoms with E-state index in [0.717, 1.165) is 34.1 Å². The van der Waals surface area contributed by atoms with Crippen molar-refractivity contribution in [3.63, 3.8) is 0 Å². The molecule has 0 spiro atoms. The third-order valence-corrected chi connectivity index (χ3v) is 3.16. The molecule has 0 unspecified atom stereocenters. The van der Waals surface area contributed by atoms with E-state index in [1.807, 2.05) is 24.3 Å². The predicted octanol–water partition coefficient (Wildman–Crippen LogP) is 1.71. The average molecular weight is 253 g/mol. The van der Waals surface area contributed by atoms with E-state index >= 15 is 0 Å². The molecule has 0 radical (unpaired) electrons. The molecule has 0 saturated heterocycles. The number of hydrogen-bond acceptors (Lipinski definition) is 4. The summed E-state index contributed by atoms with van der Waals surface area (Å²) in [6.45, 7) is 0.573. The Bertz CT molecular complexity index is 703. The number of pyridine rings is 1. The summed E-state index contributed by atoms with van der Waals surface area (Å²) in [6, 6.07) is 10.1. The summed E-state index contributed by atoms with van der Waals surface area (Å²) in [5.41, 5.74) is 15.4. The van der Waals surface area contributed by atoms with Gasteiger partial charge in [-0.25, -0.2) is 4.98 Å². The maximum absolute atomic E-state index is 5.95. The fourth-order valence-corrected chi connectivity index (χ4v) is 2.17. The molecule has 0 amide bonds. The largest absolute Gasteiger partial charge is 0.383 e. The van der Waals surface area contributed by atoms with Crippen LogP contribution >= 0.6 is 0 Å². The molecule has 3 rings (SSSR count). The van der Waals surface area contributed by atoms with E-state index in [0.29, 0.717) is 12.4 Å². The first-order valence-corrected chi connectivity index (χ1v) is 6.17. The number of nitrogens with two attached hydrogens (primary N) is 2. The van der Waals surface area contributed by atoms with Crippen LogP contribution in [0.2, 0.25) is 0 Å². The first-order chi connectivity index (χ1) is 9.28. The van der Waals surface area contributed by atoms with E-state index < -0.39 is 0 Å². The lowest BCUT2D eigenvalue weighted by atomic mass is 10.1. The Morgan fingerprint density at radius 1 is 1.16 bits per heavy atom. The van der Waals surface area contributed by atoms with Crippen molar-refractivity contribution in [2.45, 2.75) is 6.42 Å². The van der Waals surface area contributed by atoms with Gasteiger partial charge in [0, 0.05) is 17.1 Å². The molecular weight excluding hydrogens is 238 g/mol. The molecule has 96 valence electrons. The van der Waals surface area contributed by atoms with Gasteiger partial charge < -0.3 is 11.5 Å². The highest BCUT2D eigenvalue weighted by atomic mass is 15.1. The van der Waals surface area contributed by atoms with Crippen molar-refractivity contribution >= 4 is 16.7 Å². The van der Waals surface area contributed by atoms with Gasteiger partial charge >= 0.3 is 0 Å². The molecule has 2 heterocycles. The SMILES string of the molecule is NCCc1cc2ccc(-c3ccn[nH]3)cc2nc1N. The molecule has 0 atom stereocenters. The normalized spacial score (nSPS) is 11.0. The van der Waals surface area contributed by atoms with Crippen molar-refractivity contribution in [1.29, 1.82) is 0 Å². The van der Waals surface area contributed by atoms with Gasteiger partial charge in [-0.05, 0) is 36.7 Å². The lowest BCUT2D eigenvalue weighted by Gasteiger charge is -2.07. The minimum atomic E-state index is 0.555. The molecule has 0 bridgehead atoms. The number of hydrogen-bond donors (Lipinski definition) is 3. The third kappa shape index (κ3) is 2.15. The van der Waals surface area contributed by atoms with Crippen molar-refractivity contribution in [2.75, 3.05) is 12.3 Å². The van der Waals surface area contributed by atoms with E-state index in [-0.39, 0.29) is 0 Å². The first kappa shape index (κ1) is 11.7. The maximum Gasteiger partial charge on any atom is 0.127 e. The molecule has 1 aromatic carbocycles. The Kier molecular flexibility index (Phi) is 2.89. The number of aromatic amines is 1. The number of anilines is 1. The van der Waals surface area contributed by atoms with Gasteiger partial charge in [0.15, 0.2) is 0 Å². The van der Waals surface area contributed by atoms with Crippen LogP contribution in [0, 0.1) is 0 Å². The fraction of sp³-hybridized carbons (Fsp3) is 0.143. The summed E-state index contributed by atoms with van der Waals surface area (Å²) < 4.78 is 0. The Morgan fingerprint density at radius 3 is 2.79 bits per heavy atom. The quantitative estimate of drug-likeness (QED) is 0.662. The fourth-order valence-electron chi connectivity index (χ4n) is 2.17. The molecule has 19 heavy (non-hydrogen) atoms. The van der Waals surface area contributed by atoms with Crippen molar-refractivity contribution in [3.8, 4) is 11.3 Å². The number of nitrogens with zero attached hydrogens (tertiary/aromatic N) is 2. The van der Waals surface area contributed by atoms with Gasteiger partial charge in [0.1, 0.15) is 5.82 Å². The zero-order valence-corrected chi connectivity index (χ0v) is 10.4. The van der Waals surface area contributed by atoms with Crippen molar-refractivity contribution in [2.24, 2.45) is 5.73 Å². The van der Waals surface area contributed by atoms with Crippen LogP contribution < -0.4 is 11.5 Å². The molecule has 2 aromatic heterocycles. The van der Waals surface area contributed by atoms with Gasteiger partial charge in [0.25, 0.3) is 0 Å². The van der Waals surface area contributed by atoms with Crippen LogP contribution in [0.15, 0.2) is 36.5 Å². The minimum absolute atomic E-state index is 0.555. The number of H-pyrrole nitrogens is 1. The molecule has 0 saturated carbocycles. The Balaban J connectivity index is 2.11. The van der Waals surface area contributed by atoms with Crippen LogP contribution in [-0.2, 0) is 6.42 Å². The zero-order chi connectivity index (χ0) is 13.2. The lowest BCUT2D eigenvalue weighted by molar-refractivity contribution is 0.967. The van der Waals surface area contributed by atoms with Crippen LogP contribution in [0.1, 0.15) is 5.56 Å². The topological polar surface area (TPSA) is 93.6 Å². The Labute approximate surface area is 110 Å². The number of fused-ring (bicyclic) bond motifs is 1. The van der Waals surface area contributed by atoms with Crippen molar-refractivity contribution in [3.05, 3.63) is 42.1 Å². The Hall–Kier alpha value is -2.40. The maximum atomic E-state index is 5.95. The van der Waals surface area contributed by atoms with Crippen molar-refractivity contribution in [1.82, 2.24) is 15.2 Å². The van der Waals surface area contributed by atoms with E-state index in [1.165, 1.54) is 0 Å². The van der Waals surface area contributed by atoms with Gasteiger partial charge in [-0.1, -0.05) is 12.1 Å². The smallest absolute Gasteiger partial charge is 0.127 e. The number of rotatable bonds is 3. The first-order valence-electron chi connectivity index (χ1n) is 6.17. The minimum Gasteiger partial charge on any atom is -0.383 e. The lowest BCUT2D eigenvalue weighted by Crippen LogP contribution is -2.06. The monoisotopic (exact) mass is 253 g/mol. The highest BCUT2D eigenvalue weighted by Crippen LogP contribution is 2.24. The summed E-state index contributed by atoms with van der Waals surface area (Å²) in [5.74, 6) is 0.555. The summed E-state index contributed by atoms with van der Waals surface area (Å²) in [7, 11) is 0. The summed E-state index contributed by atoms with van der Waals surface area (Å²) >= 11 is 0. The van der Waals surface area contributed by atoms with Gasteiger partial charge in [0.05, 0.1) is 11.2 Å². The molecule has 5 N–H and O–H groups in total. The van der Waals surface area contributed by atoms with Gasteiger partial charge in [-0.3, -0.25) is 5.10 Å². The molecule has 0 aliphatic heterocycles. The summed E-state index contributed by atoms with van der Waals surface area (Å²) in [4.78, 5) is 4.45. The van der Waals surface area contributed by atoms with Crippen LogP contribution in [-0.4, -0.2) is 21.7 Å². The van der Waals surface area contributed by atoms with Gasteiger partial charge in [0.2, 0.25) is 0 Å². The number of benzene rings is 1. The number of nitrogens with one attached hydrogen (secondary N) is 1. The number of aromatic nitrogens is 3. The second-order valence-electron chi connectivity index (χ2n) is 4.45. The number of nitrogen functional groups attached to an aromatic ring is 1. The molecule has 0 fully saturated rings. The van der Waals surface area contributed by atoms with Crippen LogP contribution in [0.25, 0.3) is 22.2 Å². The van der Waals surface area contributed by atoms with Gasteiger partial charge in [-0.15, -0.1) is 0 Å². The van der Waals surface area contributed by atoms with E-state index in [4.69, 9.17) is 11.5 Å². The molecular formula is C14H15N5. The average Bonchev–Trinajstić information content (AvgIpc) is 2.93. The van der Waals surface area contributed by atoms with E-state index in [1.54, 1.807) is 6.20 Å². The molecule has 5 nitrogen and oxygen atoms in total.